The summed E-state index contributed by atoms with van der Waals surface area (Å²) < 4.78 is 0. The van der Waals surface area contributed by atoms with E-state index in [-0.39, 0.29) is 0 Å². The van der Waals surface area contributed by atoms with E-state index in [9.17, 15) is 0 Å². The lowest BCUT2D eigenvalue weighted by atomic mass is 10.1. The standard InChI is InChI=1S/C18H20/c1-4-7-9-17(8-5-2)14-15-18-12-10-16(6-3)11-13-18/h4-5,9-13H,1-2,6-8H2,3H3. The molecular formula is C18H20. The topological polar surface area (TPSA) is 0 Å². The summed E-state index contributed by atoms with van der Waals surface area (Å²) in [6, 6.07) is 8.41. The average Bonchev–Trinajstić information content (AvgIpc) is 2.42. The molecule has 0 unspecified atom stereocenters. The van der Waals surface area contributed by atoms with Crippen molar-refractivity contribution in [2.75, 3.05) is 0 Å². The highest BCUT2D eigenvalue weighted by Crippen LogP contribution is 2.06. The molecule has 0 aliphatic rings. The van der Waals surface area contributed by atoms with Crippen LogP contribution >= 0.6 is 0 Å². The first-order valence-corrected chi connectivity index (χ1v) is 6.32. The van der Waals surface area contributed by atoms with Crippen LogP contribution in [0.25, 0.3) is 0 Å². The van der Waals surface area contributed by atoms with E-state index in [1.54, 1.807) is 0 Å². The maximum absolute atomic E-state index is 3.75. The monoisotopic (exact) mass is 236 g/mol. The molecule has 0 heterocycles. The molecule has 0 nitrogen and oxygen atoms in total. The van der Waals surface area contributed by atoms with E-state index in [0.717, 1.165) is 30.4 Å². The third-order valence-corrected chi connectivity index (χ3v) is 2.62. The number of allylic oxidation sites excluding steroid dienone is 4. The fourth-order valence-corrected chi connectivity index (χ4v) is 1.54. The van der Waals surface area contributed by atoms with Crippen molar-refractivity contribution in [3.8, 4) is 11.8 Å². The molecular weight excluding hydrogens is 216 g/mol. The molecule has 0 aromatic heterocycles. The third kappa shape index (κ3) is 4.89. The molecule has 0 bridgehead atoms. The Balaban J connectivity index is 2.82. The van der Waals surface area contributed by atoms with Gasteiger partial charge in [-0.1, -0.05) is 49.1 Å². The Hall–Kier alpha value is -2.00. The zero-order chi connectivity index (χ0) is 13.2. The first-order valence-electron chi connectivity index (χ1n) is 6.32. The summed E-state index contributed by atoms with van der Waals surface area (Å²) in [5.41, 5.74) is 3.50. The van der Waals surface area contributed by atoms with Crippen molar-refractivity contribution in [2.45, 2.75) is 26.2 Å². The predicted molar refractivity (Wildman–Crippen MR) is 80.4 cm³/mol. The van der Waals surface area contributed by atoms with Gasteiger partial charge in [-0.2, -0.15) is 0 Å². The van der Waals surface area contributed by atoms with Crippen LogP contribution in [0, 0.1) is 11.8 Å². The minimum atomic E-state index is 0.813. The third-order valence-electron chi connectivity index (χ3n) is 2.62. The summed E-state index contributed by atoms with van der Waals surface area (Å²) in [5, 5.41) is 0. The second kappa shape index (κ2) is 8.14. The van der Waals surface area contributed by atoms with Crippen molar-refractivity contribution >= 4 is 0 Å². The normalized spacial score (nSPS) is 10.4. The molecule has 1 aromatic carbocycles. The summed E-state index contributed by atoms with van der Waals surface area (Å²) in [5.74, 6) is 6.39. The van der Waals surface area contributed by atoms with Crippen molar-refractivity contribution in [3.63, 3.8) is 0 Å². The molecule has 0 radical (unpaired) electrons. The summed E-state index contributed by atoms with van der Waals surface area (Å²) in [6.45, 7) is 9.62. The van der Waals surface area contributed by atoms with Gasteiger partial charge in [0.05, 0.1) is 0 Å². The van der Waals surface area contributed by atoms with Gasteiger partial charge in [0.15, 0.2) is 0 Å². The van der Waals surface area contributed by atoms with Crippen LogP contribution < -0.4 is 0 Å². The molecule has 0 amide bonds. The second-order valence-corrected chi connectivity index (χ2v) is 4.05. The quantitative estimate of drug-likeness (QED) is 0.514. The molecule has 0 aliphatic heterocycles. The molecule has 0 spiro atoms. The van der Waals surface area contributed by atoms with Gasteiger partial charge in [-0.15, -0.1) is 13.2 Å². The molecule has 92 valence electrons. The zero-order valence-corrected chi connectivity index (χ0v) is 11.1. The lowest BCUT2D eigenvalue weighted by Gasteiger charge is -1.96. The maximum atomic E-state index is 3.75. The molecule has 0 fully saturated rings. The molecule has 18 heavy (non-hydrogen) atoms. The van der Waals surface area contributed by atoms with Crippen LogP contribution in [0.2, 0.25) is 0 Å². The van der Waals surface area contributed by atoms with Crippen LogP contribution in [0.15, 0.2) is 61.2 Å². The smallest absolute Gasteiger partial charge is 0.0249 e. The Kier molecular flexibility index (Phi) is 6.36. The van der Waals surface area contributed by atoms with Gasteiger partial charge < -0.3 is 0 Å². The van der Waals surface area contributed by atoms with Crippen LogP contribution in [0.1, 0.15) is 30.9 Å². The Bertz CT molecular complexity index is 475. The SMILES string of the molecule is C=CCC=C(C#Cc1ccc(CC)cc1)CC=C. The molecule has 1 rings (SSSR count). The van der Waals surface area contributed by atoms with Gasteiger partial charge >= 0.3 is 0 Å². The number of hydrogen-bond donors (Lipinski definition) is 0. The van der Waals surface area contributed by atoms with E-state index in [1.165, 1.54) is 5.56 Å². The van der Waals surface area contributed by atoms with Gasteiger partial charge in [0.1, 0.15) is 0 Å². The van der Waals surface area contributed by atoms with Gasteiger partial charge in [0.25, 0.3) is 0 Å². The summed E-state index contributed by atoms with van der Waals surface area (Å²) in [7, 11) is 0. The highest BCUT2D eigenvalue weighted by Gasteiger charge is 1.91. The average molecular weight is 236 g/mol. The number of benzene rings is 1. The van der Waals surface area contributed by atoms with E-state index in [0.29, 0.717) is 0 Å². The summed E-state index contributed by atoms with van der Waals surface area (Å²) in [6.07, 6.45) is 8.59. The van der Waals surface area contributed by atoms with Crippen molar-refractivity contribution < 1.29 is 0 Å². The van der Waals surface area contributed by atoms with Crippen molar-refractivity contribution in [2.24, 2.45) is 0 Å². The molecule has 0 aliphatic carbocycles. The highest BCUT2D eigenvalue weighted by atomic mass is 13.9. The summed E-state index contributed by atoms with van der Waals surface area (Å²) in [4.78, 5) is 0. The fourth-order valence-electron chi connectivity index (χ4n) is 1.54. The van der Waals surface area contributed by atoms with Crippen molar-refractivity contribution in [1.29, 1.82) is 0 Å². The van der Waals surface area contributed by atoms with E-state index >= 15 is 0 Å². The lowest BCUT2D eigenvalue weighted by molar-refractivity contribution is 1.14. The second-order valence-electron chi connectivity index (χ2n) is 4.05. The largest absolute Gasteiger partial charge is 0.103 e. The maximum Gasteiger partial charge on any atom is 0.0249 e. The molecule has 0 saturated heterocycles. The van der Waals surface area contributed by atoms with Crippen LogP contribution in [-0.4, -0.2) is 0 Å². The zero-order valence-electron chi connectivity index (χ0n) is 11.1. The Morgan fingerprint density at radius 3 is 2.44 bits per heavy atom. The van der Waals surface area contributed by atoms with Gasteiger partial charge in [-0.05, 0) is 37.0 Å². The predicted octanol–water partition coefficient (Wildman–Crippen LogP) is 4.68. The minimum absolute atomic E-state index is 0.813. The number of rotatable bonds is 5. The lowest BCUT2D eigenvalue weighted by Crippen LogP contribution is -1.81. The molecule has 0 atom stereocenters. The Morgan fingerprint density at radius 1 is 1.17 bits per heavy atom. The first kappa shape index (κ1) is 14.1. The van der Waals surface area contributed by atoms with Crippen LogP contribution in [0.3, 0.4) is 0 Å². The van der Waals surface area contributed by atoms with Crippen LogP contribution in [0.5, 0.6) is 0 Å². The number of aryl methyl sites for hydroxylation is 1. The fraction of sp³-hybridized carbons (Fsp3) is 0.222. The van der Waals surface area contributed by atoms with Crippen LogP contribution in [-0.2, 0) is 6.42 Å². The van der Waals surface area contributed by atoms with Crippen molar-refractivity contribution in [1.82, 2.24) is 0 Å². The van der Waals surface area contributed by atoms with E-state index < -0.39 is 0 Å². The first-order chi connectivity index (χ1) is 8.80. The van der Waals surface area contributed by atoms with Gasteiger partial charge in [-0.3, -0.25) is 0 Å². The van der Waals surface area contributed by atoms with Gasteiger partial charge in [-0.25, -0.2) is 0 Å². The van der Waals surface area contributed by atoms with E-state index in [2.05, 4.69) is 62.3 Å². The Labute approximate surface area is 111 Å². The van der Waals surface area contributed by atoms with E-state index in [4.69, 9.17) is 0 Å². The van der Waals surface area contributed by atoms with E-state index in [1.807, 2.05) is 12.2 Å². The summed E-state index contributed by atoms with van der Waals surface area (Å²) >= 11 is 0. The minimum Gasteiger partial charge on any atom is -0.103 e. The number of hydrogen-bond acceptors (Lipinski definition) is 0. The van der Waals surface area contributed by atoms with Gasteiger partial charge in [0, 0.05) is 11.1 Å². The van der Waals surface area contributed by atoms with Gasteiger partial charge in [0.2, 0.25) is 0 Å². The molecule has 0 N–H and O–H groups in total. The highest BCUT2D eigenvalue weighted by molar-refractivity contribution is 5.42. The Morgan fingerprint density at radius 2 is 1.89 bits per heavy atom. The molecule has 0 heteroatoms. The van der Waals surface area contributed by atoms with Crippen LogP contribution in [0.4, 0.5) is 0 Å². The van der Waals surface area contributed by atoms with Crippen molar-refractivity contribution in [3.05, 3.63) is 72.4 Å². The molecule has 1 aromatic rings. The molecule has 0 saturated carbocycles.